The number of pyridine rings is 1. The summed E-state index contributed by atoms with van der Waals surface area (Å²) in [6, 6.07) is 22.6. The zero-order valence-electron chi connectivity index (χ0n) is 16.3. The molecule has 0 atom stereocenters. The second kappa shape index (κ2) is 10.4. The van der Waals surface area contributed by atoms with E-state index >= 15 is 0 Å². The van der Waals surface area contributed by atoms with Gasteiger partial charge in [-0.15, -0.1) is 0 Å². The molecule has 2 aromatic carbocycles. The van der Waals surface area contributed by atoms with Crippen LogP contribution in [0.4, 0.5) is 0 Å². The van der Waals surface area contributed by atoms with Gasteiger partial charge in [-0.1, -0.05) is 54.6 Å². The molecular weight excluding hydrogens is 350 g/mol. The molecule has 0 unspecified atom stereocenters. The summed E-state index contributed by atoms with van der Waals surface area (Å²) in [4.78, 5) is 0. The number of aromatic nitrogens is 1. The van der Waals surface area contributed by atoms with E-state index in [0.29, 0.717) is 6.61 Å². The highest BCUT2D eigenvalue weighted by atomic mass is 16.7. The van der Waals surface area contributed by atoms with Crippen LogP contribution in [0, 0.1) is 0 Å². The van der Waals surface area contributed by atoms with Crippen LogP contribution in [-0.2, 0) is 16.0 Å². The highest BCUT2D eigenvalue weighted by Crippen LogP contribution is 2.15. The summed E-state index contributed by atoms with van der Waals surface area (Å²) < 4.78 is 18.1. The molecule has 0 radical (unpaired) electrons. The standard InChI is InChI=1S/C24H26NO3/c1-26-24(27-2)19-28-23-12-10-20(11-13-23)8-9-21-14-16-25(17-15-21)18-22-6-4-3-5-7-22/h3-17,24H,18-19H2,1-2H3/q+1. The third kappa shape index (κ3) is 6.05. The number of nitrogens with zero attached hydrogens (tertiary/aromatic N) is 1. The van der Waals surface area contributed by atoms with Gasteiger partial charge in [-0.2, -0.15) is 0 Å². The highest BCUT2D eigenvalue weighted by Gasteiger charge is 2.05. The molecule has 4 heteroatoms. The SMILES string of the molecule is COC(COc1ccc(C=Cc2cc[n+](Cc3ccccc3)cc2)cc1)OC. The van der Waals surface area contributed by atoms with Gasteiger partial charge in [0.1, 0.15) is 12.4 Å². The fraction of sp³-hybridized carbons (Fsp3) is 0.208. The quantitative estimate of drug-likeness (QED) is 0.415. The Morgan fingerprint density at radius 3 is 2.00 bits per heavy atom. The molecule has 0 aliphatic rings. The molecule has 0 saturated heterocycles. The van der Waals surface area contributed by atoms with E-state index in [-0.39, 0.29) is 6.29 Å². The summed E-state index contributed by atoms with van der Waals surface area (Å²) in [5, 5.41) is 0. The average molecular weight is 376 g/mol. The minimum absolute atomic E-state index is 0.356. The number of hydrogen-bond acceptors (Lipinski definition) is 3. The summed E-state index contributed by atoms with van der Waals surface area (Å²) >= 11 is 0. The van der Waals surface area contributed by atoms with Crippen molar-refractivity contribution in [3.63, 3.8) is 0 Å². The third-order valence-corrected chi connectivity index (χ3v) is 4.39. The lowest BCUT2D eigenvalue weighted by atomic mass is 10.1. The minimum Gasteiger partial charge on any atom is -0.488 e. The van der Waals surface area contributed by atoms with E-state index < -0.39 is 0 Å². The van der Waals surface area contributed by atoms with Crippen molar-refractivity contribution in [1.82, 2.24) is 0 Å². The molecule has 0 amide bonds. The molecule has 0 fully saturated rings. The Labute approximate surface area is 166 Å². The van der Waals surface area contributed by atoms with Crippen LogP contribution in [0.15, 0.2) is 79.1 Å². The van der Waals surface area contributed by atoms with Gasteiger partial charge in [0.2, 0.25) is 0 Å². The first kappa shape index (κ1) is 19.8. The summed E-state index contributed by atoms with van der Waals surface area (Å²) in [5.74, 6) is 0.790. The van der Waals surface area contributed by atoms with Crippen LogP contribution in [0.2, 0.25) is 0 Å². The molecule has 3 aromatic rings. The lowest BCUT2D eigenvalue weighted by molar-refractivity contribution is -0.688. The summed E-state index contributed by atoms with van der Waals surface area (Å²) in [6.07, 6.45) is 8.04. The fourth-order valence-corrected chi connectivity index (χ4v) is 2.74. The molecule has 28 heavy (non-hydrogen) atoms. The minimum atomic E-state index is -0.359. The van der Waals surface area contributed by atoms with E-state index in [4.69, 9.17) is 14.2 Å². The van der Waals surface area contributed by atoms with Crippen LogP contribution in [0.25, 0.3) is 12.2 Å². The lowest BCUT2D eigenvalue weighted by Gasteiger charge is -2.14. The van der Waals surface area contributed by atoms with Gasteiger partial charge in [-0.05, 0) is 23.3 Å². The predicted molar refractivity (Wildman–Crippen MR) is 111 cm³/mol. The lowest BCUT2D eigenvalue weighted by Crippen LogP contribution is -2.32. The van der Waals surface area contributed by atoms with Crippen LogP contribution in [0.1, 0.15) is 16.7 Å². The predicted octanol–water partition coefficient (Wildman–Crippen LogP) is 4.19. The van der Waals surface area contributed by atoms with Crippen molar-refractivity contribution >= 4 is 12.2 Å². The van der Waals surface area contributed by atoms with Crippen LogP contribution >= 0.6 is 0 Å². The molecule has 0 spiro atoms. The van der Waals surface area contributed by atoms with Gasteiger partial charge in [0, 0.05) is 31.9 Å². The number of ether oxygens (including phenoxy) is 3. The van der Waals surface area contributed by atoms with E-state index in [9.17, 15) is 0 Å². The summed E-state index contributed by atoms with van der Waals surface area (Å²) in [6.45, 7) is 1.23. The van der Waals surface area contributed by atoms with Crippen molar-refractivity contribution in [2.45, 2.75) is 12.8 Å². The molecular formula is C24H26NO3+. The number of methoxy groups -OCH3 is 2. The van der Waals surface area contributed by atoms with Crippen molar-refractivity contribution in [1.29, 1.82) is 0 Å². The van der Waals surface area contributed by atoms with Crippen LogP contribution in [0.3, 0.4) is 0 Å². The van der Waals surface area contributed by atoms with Crippen molar-refractivity contribution < 1.29 is 18.8 Å². The maximum absolute atomic E-state index is 5.65. The Morgan fingerprint density at radius 2 is 1.39 bits per heavy atom. The van der Waals surface area contributed by atoms with E-state index in [1.165, 1.54) is 5.56 Å². The average Bonchev–Trinajstić information content (AvgIpc) is 2.75. The maximum atomic E-state index is 5.65. The Bertz CT molecular complexity index is 855. The second-order valence-corrected chi connectivity index (χ2v) is 6.40. The second-order valence-electron chi connectivity index (χ2n) is 6.40. The largest absolute Gasteiger partial charge is 0.488 e. The molecule has 0 bridgehead atoms. The van der Waals surface area contributed by atoms with Gasteiger partial charge in [-0.25, -0.2) is 4.57 Å². The van der Waals surface area contributed by atoms with Crippen molar-refractivity contribution in [2.75, 3.05) is 20.8 Å². The smallest absolute Gasteiger partial charge is 0.191 e. The molecule has 1 aromatic heterocycles. The summed E-state index contributed by atoms with van der Waals surface area (Å²) in [7, 11) is 3.19. The van der Waals surface area contributed by atoms with E-state index in [1.807, 2.05) is 30.3 Å². The van der Waals surface area contributed by atoms with Gasteiger partial charge in [0.15, 0.2) is 25.2 Å². The Morgan fingerprint density at radius 1 is 0.786 bits per heavy atom. The molecule has 144 valence electrons. The monoisotopic (exact) mass is 376 g/mol. The molecule has 0 aliphatic carbocycles. The molecule has 0 aliphatic heterocycles. The zero-order chi connectivity index (χ0) is 19.6. The van der Waals surface area contributed by atoms with E-state index in [0.717, 1.165) is 23.4 Å². The normalized spacial score (nSPS) is 11.2. The first-order chi connectivity index (χ1) is 13.8. The van der Waals surface area contributed by atoms with E-state index in [1.54, 1.807) is 14.2 Å². The van der Waals surface area contributed by atoms with Gasteiger partial charge < -0.3 is 14.2 Å². The van der Waals surface area contributed by atoms with Gasteiger partial charge >= 0.3 is 0 Å². The number of rotatable bonds is 9. The molecule has 3 rings (SSSR count). The molecule has 0 saturated carbocycles. The van der Waals surface area contributed by atoms with Crippen LogP contribution in [-0.4, -0.2) is 27.1 Å². The molecule has 0 N–H and O–H groups in total. The third-order valence-electron chi connectivity index (χ3n) is 4.39. The topological polar surface area (TPSA) is 31.6 Å². The van der Waals surface area contributed by atoms with E-state index in [2.05, 4.69) is 65.5 Å². The van der Waals surface area contributed by atoms with Crippen molar-refractivity contribution in [3.05, 3.63) is 95.8 Å². The first-order valence-electron chi connectivity index (χ1n) is 9.26. The first-order valence-corrected chi connectivity index (χ1v) is 9.26. The highest BCUT2D eigenvalue weighted by molar-refractivity contribution is 5.69. The Kier molecular flexibility index (Phi) is 7.36. The van der Waals surface area contributed by atoms with Crippen LogP contribution < -0.4 is 9.30 Å². The number of benzene rings is 2. The maximum Gasteiger partial charge on any atom is 0.191 e. The molecule has 1 heterocycles. The fourth-order valence-electron chi connectivity index (χ4n) is 2.74. The van der Waals surface area contributed by atoms with Gasteiger partial charge in [0.05, 0.1) is 0 Å². The number of hydrogen-bond donors (Lipinski definition) is 0. The van der Waals surface area contributed by atoms with Gasteiger partial charge in [0.25, 0.3) is 0 Å². The van der Waals surface area contributed by atoms with Gasteiger partial charge in [-0.3, -0.25) is 0 Å². The molecule has 4 nitrogen and oxygen atoms in total. The van der Waals surface area contributed by atoms with Crippen molar-refractivity contribution in [3.8, 4) is 5.75 Å². The summed E-state index contributed by atoms with van der Waals surface area (Å²) in [5.41, 5.74) is 3.57. The zero-order valence-corrected chi connectivity index (χ0v) is 16.3. The Balaban J connectivity index is 1.54. The Hall–Kier alpha value is -2.95. The van der Waals surface area contributed by atoms with Crippen LogP contribution in [0.5, 0.6) is 5.75 Å². The van der Waals surface area contributed by atoms with Crippen molar-refractivity contribution in [2.24, 2.45) is 0 Å².